The van der Waals surface area contributed by atoms with Gasteiger partial charge in [0.05, 0.1) is 0 Å². The summed E-state index contributed by atoms with van der Waals surface area (Å²) in [6.45, 7) is 0. The first-order chi connectivity index (χ1) is 6.94. The molecule has 1 aromatic heterocycles. The van der Waals surface area contributed by atoms with Crippen molar-refractivity contribution in [3.05, 3.63) is 23.4 Å². The van der Waals surface area contributed by atoms with Crippen LogP contribution < -0.4 is 4.74 Å². The summed E-state index contributed by atoms with van der Waals surface area (Å²) < 4.78 is 38.8. The van der Waals surface area contributed by atoms with Gasteiger partial charge in [-0.2, -0.15) is 5.26 Å². The predicted octanol–water partition coefficient (Wildman–Crippen LogP) is 1.66. The summed E-state index contributed by atoms with van der Waals surface area (Å²) in [4.78, 5) is 13.5. The van der Waals surface area contributed by atoms with Gasteiger partial charge in [-0.25, -0.2) is 4.98 Å². The van der Waals surface area contributed by atoms with Crippen LogP contribution in [0.4, 0.5) is 13.2 Å². The Morgan fingerprint density at radius 2 is 2.13 bits per heavy atom. The zero-order valence-corrected chi connectivity index (χ0v) is 7.08. The Balaban J connectivity index is 3.09. The van der Waals surface area contributed by atoms with E-state index in [4.69, 9.17) is 5.26 Å². The minimum Gasteiger partial charge on any atom is -0.388 e. The number of carbonyl (C=O) groups is 1. The van der Waals surface area contributed by atoms with E-state index in [0.29, 0.717) is 6.29 Å². The van der Waals surface area contributed by atoms with Crippen molar-refractivity contribution in [1.29, 1.82) is 5.26 Å². The minimum atomic E-state index is -4.90. The van der Waals surface area contributed by atoms with E-state index in [2.05, 4.69) is 9.72 Å². The van der Waals surface area contributed by atoms with Gasteiger partial charge in [0.25, 0.3) is 0 Å². The van der Waals surface area contributed by atoms with Gasteiger partial charge in [0.15, 0.2) is 0 Å². The fourth-order valence-corrected chi connectivity index (χ4v) is 0.822. The van der Waals surface area contributed by atoms with Crippen molar-refractivity contribution in [3.63, 3.8) is 0 Å². The quantitative estimate of drug-likeness (QED) is 0.705. The van der Waals surface area contributed by atoms with Gasteiger partial charge in [-0.15, -0.1) is 13.2 Å². The predicted molar refractivity (Wildman–Crippen MR) is 41.0 cm³/mol. The molecule has 15 heavy (non-hydrogen) atoms. The van der Waals surface area contributed by atoms with Gasteiger partial charge in [0.2, 0.25) is 5.88 Å². The lowest BCUT2D eigenvalue weighted by atomic mass is 10.2. The Bertz CT molecular complexity index is 423. The zero-order chi connectivity index (χ0) is 11.5. The number of alkyl halides is 3. The molecule has 0 N–H and O–H groups in total. The zero-order valence-electron chi connectivity index (χ0n) is 7.08. The summed E-state index contributed by atoms with van der Waals surface area (Å²) in [5.74, 6) is -0.830. The molecule has 1 heterocycles. The second kappa shape index (κ2) is 3.96. The molecule has 7 heteroatoms. The number of nitrogens with zero attached hydrogens (tertiary/aromatic N) is 2. The number of carbonyl (C=O) groups excluding carboxylic acids is 1. The van der Waals surface area contributed by atoms with Gasteiger partial charge >= 0.3 is 6.36 Å². The third kappa shape index (κ3) is 3.27. The molecular formula is C8H3F3N2O2. The number of hydrogen-bond acceptors (Lipinski definition) is 4. The maximum atomic E-state index is 11.8. The summed E-state index contributed by atoms with van der Waals surface area (Å²) in [5.41, 5.74) is -0.431. The third-order valence-electron chi connectivity index (χ3n) is 1.30. The highest BCUT2D eigenvalue weighted by Crippen LogP contribution is 2.21. The van der Waals surface area contributed by atoms with Gasteiger partial charge < -0.3 is 4.74 Å². The van der Waals surface area contributed by atoms with Crippen molar-refractivity contribution >= 4 is 6.29 Å². The van der Waals surface area contributed by atoms with Crippen LogP contribution >= 0.6 is 0 Å². The number of nitriles is 1. The number of aromatic nitrogens is 1. The van der Waals surface area contributed by atoms with E-state index < -0.39 is 12.2 Å². The number of rotatable bonds is 2. The number of aldehydes is 1. The molecule has 1 aromatic rings. The van der Waals surface area contributed by atoms with Crippen molar-refractivity contribution in [2.24, 2.45) is 0 Å². The SMILES string of the molecule is N#Cc1cc(C=O)cc(OC(F)(F)F)n1. The largest absolute Gasteiger partial charge is 0.574 e. The Kier molecular flexibility index (Phi) is 2.90. The van der Waals surface area contributed by atoms with Crippen LogP contribution in [0.3, 0.4) is 0 Å². The second-order valence-electron chi connectivity index (χ2n) is 2.40. The van der Waals surface area contributed by atoms with Crippen LogP contribution in [0.25, 0.3) is 0 Å². The van der Waals surface area contributed by atoms with Crippen LogP contribution in [0, 0.1) is 11.3 Å². The van der Waals surface area contributed by atoms with Gasteiger partial charge in [0.1, 0.15) is 18.0 Å². The summed E-state index contributed by atoms with van der Waals surface area (Å²) in [6.07, 6.45) is -4.60. The minimum absolute atomic E-state index is 0.110. The van der Waals surface area contributed by atoms with E-state index in [1.807, 2.05) is 0 Å². The van der Waals surface area contributed by atoms with Crippen molar-refractivity contribution < 1.29 is 22.7 Å². The molecule has 4 nitrogen and oxygen atoms in total. The van der Waals surface area contributed by atoms with Gasteiger partial charge in [-0.05, 0) is 6.07 Å². The molecule has 78 valence electrons. The average Bonchev–Trinajstić information content (AvgIpc) is 2.14. The number of hydrogen-bond donors (Lipinski definition) is 0. The normalized spacial score (nSPS) is 10.5. The fourth-order valence-electron chi connectivity index (χ4n) is 0.822. The Labute approximate surface area is 81.9 Å². The highest BCUT2D eigenvalue weighted by Gasteiger charge is 2.32. The molecule has 0 aliphatic heterocycles. The molecule has 0 fully saturated rings. The lowest BCUT2D eigenvalue weighted by molar-refractivity contribution is -0.276. The van der Waals surface area contributed by atoms with Crippen LogP contribution in [-0.4, -0.2) is 17.6 Å². The summed E-state index contributed by atoms with van der Waals surface area (Å²) in [7, 11) is 0. The lowest BCUT2D eigenvalue weighted by Crippen LogP contribution is -2.18. The van der Waals surface area contributed by atoms with E-state index in [9.17, 15) is 18.0 Å². The lowest BCUT2D eigenvalue weighted by Gasteiger charge is -2.07. The van der Waals surface area contributed by atoms with Crippen molar-refractivity contribution in [3.8, 4) is 11.9 Å². The molecule has 1 rings (SSSR count). The maximum Gasteiger partial charge on any atom is 0.574 e. The van der Waals surface area contributed by atoms with Crippen LogP contribution in [-0.2, 0) is 0 Å². The molecule has 0 atom stereocenters. The molecule has 0 aromatic carbocycles. The van der Waals surface area contributed by atoms with E-state index in [0.717, 1.165) is 12.1 Å². The summed E-state index contributed by atoms with van der Waals surface area (Å²) >= 11 is 0. The highest BCUT2D eigenvalue weighted by atomic mass is 19.4. The average molecular weight is 216 g/mol. The highest BCUT2D eigenvalue weighted by molar-refractivity contribution is 5.75. The third-order valence-corrected chi connectivity index (χ3v) is 1.30. The van der Waals surface area contributed by atoms with E-state index >= 15 is 0 Å². The molecule has 0 unspecified atom stereocenters. The maximum absolute atomic E-state index is 11.8. The Hall–Kier alpha value is -2.10. The van der Waals surface area contributed by atoms with E-state index in [1.54, 1.807) is 0 Å². The van der Waals surface area contributed by atoms with Crippen molar-refractivity contribution in [2.75, 3.05) is 0 Å². The van der Waals surface area contributed by atoms with E-state index in [-0.39, 0.29) is 11.3 Å². The van der Waals surface area contributed by atoms with Crippen LogP contribution in [0.1, 0.15) is 16.1 Å². The summed E-state index contributed by atoms with van der Waals surface area (Å²) in [6, 6.07) is 3.36. The molecular weight excluding hydrogens is 213 g/mol. The summed E-state index contributed by atoms with van der Waals surface area (Å²) in [5, 5.41) is 8.42. The molecule has 0 amide bonds. The number of pyridine rings is 1. The smallest absolute Gasteiger partial charge is 0.388 e. The fraction of sp³-hybridized carbons (Fsp3) is 0.125. The van der Waals surface area contributed by atoms with Crippen LogP contribution in [0.5, 0.6) is 5.88 Å². The second-order valence-corrected chi connectivity index (χ2v) is 2.40. The molecule has 0 aliphatic carbocycles. The Morgan fingerprint density at radius 3 is 2.60 bits per heavy atom. The first-order valence-corrected chi connectivity index (χ1v) is 3.58. The van der Waals surface area contributed by atoms with Crippen LogP contribution in [0.2, 0.25) is 0 Å². The first kappa shape index (κ1) is 11.0. The molecule has 0 bridgehead atoms. The number of ether oxygens (including phenoxy) is 1. The molecule has 0 radical (unpaired) electrons. The monoisotopic (exact) mass is 216 g/mol. The topological polar surface area (TPSA) is 63.0 Å². The number of halogens is 3. The van der Waals surface area contributed by atoms with Crippen molar-refractivity contribution in [1.82, 2.24) is 4.98 Å². The molecule has 0 saturated carbocycles. The molecule has 0 aliphatic rings. The van der Waals surface area contributed by atoms with Gasteiger partial charge in [-0.1, -0.05) is 0 Å². The Morgan fingerprint density at radius 1 is 1.47 bits per heavy atom. The standard InChI is InChI=1S/C8H3F3N2O2/c9-8(10,11)15-7-2-5(4-14)1-6(3-12)13-7/h1-2,4H. The van der Waals surface area contributed by atoms with Gasteiger partial charge in [-0.3, -0.25) is 4.79 Å². The van der Waals surface area contributed by atoms with Gasteiger partial charge in [0, 0.05) is 11.6 Å². The van der Waals surface area contributed by atoms with Crippen LogP contribution in [0.15, 0.2) is 12.1 Å². The van der Waals surface area contributed by atoms with E-state index in [1.165, 1.54) is 6.07 Å². The molecule has 0 saturated heterocycles. The first-order valence-electron chi connectivity index (χ1n) is 3.58. The molecule has 0 spiro atoms. The van der Waals surface area contributed by atoms with Crippen molar-refractivity contribution in [2.45, 2.75) is 6.36 Å².